The van der Waals surface area contributed by atoms with Crippen LogP contribution in [-0.2, 0) is 22.5 Å². The number of ether oxygens (including phenoxy) is 1. The highest BCUT2D eigenvalue weighted by atomic mass is 16.5. The van der Waals surface area contributed by atoms with Gasteiger partial charge in [-0.1, -0.05) is 0 Å². The number of nitrogens with one attached hydrogen (secondary N) is 1. The summed E-state index contributed by atoms with van der Waals surface area (Å²) in [6.45, 7) is 2.86. The summed E-state index contributed by atoms with van der Waals surface area (Å²) < 4.78 is 7.15. The second kappa shape index (κ2) is 5.33. The van der Waals surface area contributed by atoms with Gasteiger partial charge in [-0.05, 0) is 38.8 Å². The number of carbonyl (C=O) groups excluding carboxylic acids is 1. The average Bonchev–Trinajstić information content (AvgIpc) is 2.90. The number of hydrogen-bond acceptors (Lipinski definition) is 4. The number of nitrogens with zero attached hydrogens (tertiary/aromatic N) is 2. The van der Waals surface area contributed by atoms with Crippen molar-refractivity contribution in [3.8, 4) is 0 Å². The Morgan fingerprint density at radius 2 is 2.21 bits per heavy atom. The highest BCUT2D eigenvalue weighted by molar-refractivity contribution is 5.72. The van der Waals surface area contributed by atoms with Crippen LogP contribution in [0, 0.1) is 5.92 Å². The van der Waals surface area contributed by atoms with Crippen LogP contribution >= 0.6 is 0 Å². The van der Waals surface area contributed by atoms with Crippen LogP contribution in [0.2, 0.25) is 0 Å². The van der Waals surface area contributed by atoms with E-state index in [0.717, 1.165) is 45.3 Å². The molecule has 19 heavy (non-hydrogen) atoms. The first-order valence-electron chi connectivity index (χ1n) is 7.12. The fourth-order valence-corrected chi connectivity index (χ4v) is 3.24. The maximum atomic E-state index is 11.7. The summed E-state index contributed by atoms with van der Waals surface area (Å²) in [6.07, 6.45) is 6.07. The van der Waals surface area contributed by atoms with E-state index in [4.69, 9.17) is 4.74 Å². The van der Waals surface area contributed by atoms with Gasteiger partial charge in [0.1, 0.15) is 5.82 Å². The molecule has 1 saturated heterocycles. The zero-order valence-corrected chi connectivity index (χ0v) is 11.4. The Hall–Kier alpha value is -1.36. The number of fused-ring (bicyclic) bond motifs is 1. The summed E-state index contributed by atoms with van der Waals surface area (Å²) in [5, 5.41) is 3.38. The number of rotatable bonds is 2. The Morgan fingerprint density at radius 3 is 2.95 bits per heavy atom. The Kier molecular flexibility index (Phi) is 3.55. The van der Waals surface area contributed by atoms with Gasteiger partial charge in [0.2, 0.25) is 0 Å². The number of carbonyl (C=O) groups is 1. The van der Waals surface area contributed by atoms with Crippen LogP contribution in [0.25, 0.3) is 0 Å². The van der Waals surface area contributed by atoms with E-state index in [1.807, 2.05) is 6.20 Å². The lowest BCUT2D eigenvalue weighted by molar-refractivity contribution is -0.146. The van der Waals surface area contributed by atoms with Crippen molar-refractivity contribution in [1.29, 1.82) is 0 Å². The van der Waals surface area contributed by atoms with Crippen LogP contribution in [0.5, 0.6) is 0 Å². The summed E-state index contributed by atoms with van der Waals surface area (Å²) in [5.41, 5.74) is 1.27. The van der Waals surface area contributed by atoms with E-state index < -0.39 is 0 Å². The molecular weight excluding hydrogens is 242 g/mol. The number of esters is 1. The van der Waals surface area contributed by atoms with E-state index in [9.17, 15) is 4.79 Å². The smallest absolute Gasteiger partial charge is 0.310 e. The quantitative estimate of drug-likeness (QED) is 0.811. The Bertz CT molecular complexity index is 463. The standard InChI is InChI=1S/C14H21N3O2/c1-19-14(18)11-2-3-12-8-16-13(17(12)9-11)10-4-6-15-7-5-10/h8,10-11,15H,2-7,9H2,1H3. The maximum Gasteiger partial charge on any atom is 0.310 e. The molecule has 1 unspecified atom stereocenters. The number of methoxy groups -OCH3 is 1. The van der Waals surface area contributed by atoms with E-state index in [-0.39, 0.29) is 11.9 Å². The number of imidazole rings is 1. The summed E-state index contributed by atoms with van der Waals surface area (Å²) in [6, 6.07) is 0. The van der Waals surface area contributed by atoms with Gasteiger partial charge in [-0.25, -0.2) is 4.98 Å². The molecule has 0 bridgehead atoms. The van der Waals surface area contributed by atoms with Crippen LogP contribution in [0.15, 0.2) is 6.20 Å². The first-order valence-corrected chi connectivity index (χ1v) is 7.12. The molecule has 0 aromatic carbocycles. The monoisotopic (exact) mass is 263 g/mol. The fraction of sp³-hybridized carbons (Fsp3) is 0.714. The van der Waals surface area contributed by atoms with Gasteiger partial charge in [0.05, 0.1) is 13.0 Å². The molecule has 2 aliphatic rings. The third-order valence-corrected chi connectivity index (χ3v) is 4.36. The van der Waals surface area contributed by atoms with Crippen LogP contribution < -0.4 is 5.32 Å². The van der Waals surface area contributed by atoms with Crippen LogP contribution in [-0.4, -0.2) is 35.7 Å². The van der Waals surface area contributed by atoms with Gasteiger partial charge in [0.25, 0.3) is 0 Å². The van der Waals surface area contributed by atoms with Crippen LogP contribution in [0.4, 0.5) is 0 Å². The fourth-order valence-electron chi connectivity index (χ4n) is 3.24. The van der Waals surface area contributed by atoms with Gasteiger partial charge in [0.15, 0.2) is 0 Å². The zero-order valence-electron chi connectivity index (χ0n) is 11.4. The molecule has 5 nitrogen and oxygen atoms in total. The summed E-state index contributed by atoms with van der Waals surface area (Å²) in [7, 11) is 1.47. The van der Waals surface area contributed by atoms with Crippen LogP contribution in [0.3, 0.4) is 0 Å². The maximum absolute atomic E-state index is 11.7. The molecule has 0 saturated carbocycles. The summed E-state index contributed by atoms with van der Waals surface area (Å²) in [4.78, 5) is 16.3. The molecule has 1 atom stereocenters. The SMILES string of the molecule is COC(=O)C1CCc2cnc(C3CCNCC3)n2C1. The van der Waals surface area contributed by atoms with Crippen molar-refractivity contribution in [2.24, 2.45) is 5.92 Å². The third-order valence-electron chi connectivity index (χ3n) is 4.36. The molecule has 104 valence electrons. The van der Waals surface area contributed by atoms with Gasteiger partial charge in [-0.3, -0.25) is 4.79 Å². The molecule has 2 aliphatic heterocycles. The molecule has 0 spiro atoms. The van der Waals surface area contributed by atoms with Crippen molar-refractivity contribution < 1.29 is 9.53 Å². The Morgan fingerprint density at radius 1 is 1.42 bits per heavy atom. The molecule has 1 aromatic heterocycles. The largest absolute Gasteiger partial charge is 0.469 e. The second-order valence-electron chi connectivity index (χ2n) is 5.50. The van der Waals surface area contributed by atoms with E-state index in [0.29, 0.717) is 5.92 Å². The lowest BCUT2D eigenvalue weighted by Crippen LogP contribution is -2.31. The molecule has 0 radical (unpaired) electrons. The number of hydrogen-bond donors (Lipinski definition) is 1. The summed E-state index contributed by atoms with van der Waals surface area (Å²) >= 11 is 0. The van der Waals surface area contributed by atoms with Gasteiger partial charge in [0, 0.05) is 24.4 Å². The highest BCUT2D eigenvalue weighted by Crippen LogP contribution is 2.29. The molecule has 0 aliphatic carbocycles. The van der Waals surface area contributed by atoms with Crippen molar-refractivity contribution in [3.05, 3.63) is 17.7 Å². The van der Waals surface area contributed by atoms with E-state index >= 15 is 0 Å². The van der Waals surface area contributed by atoms with Crippen molar-refractivity contribution in [2.75, 3.05) is 20.2 Å². The first kappa shape index (κ1) is 12.7. The minimum absolute atomic E-state index is 0.00725. The minimum atomic E-state index is -0.0874. The van der Waals surface area contributed by atoms with Crippen molar-refractivity contribution >= 4 is 5.97 Å². The molecular formula is C14H21N3O2. The van der Waals surface area contributed by atoms with Crippen molar-refractivity contribution in [3.63, 3.8) is 0 Å². The molecule has 3 rings (SSSR count). The molecule has 5 heteroatoms. The highest BCUT2D eigenvalue weighted by Gasteiger charge is 2.29. The number of piperidine rings is 1. The van der Waals surface area contributed by atoms with Crippen LogP contribution in [0.1, 0.15) is 36.7 Å². The lowest BCUT2D eigenvalue weighted by Gasteiger charge is -2.27. The predicted molar refractivity (Wildman–Crippen MR) is 70.9 cm³/mol. The van der Waals surface area contributed by atoms with Gasteiger partial charge < -0.3 is 14.6 Å². The molecule has 0 amide bonds. The van der Waals surface area contributed by atoms with Gasteiger partial charge in [-0.2, -0.15) is 0 Å². The second-order valence-corrected chi connectivity index (χ2v) is 5.50. The Labute approximate surface area is 113 Å². The number of aryl methyl sites for hydroxylation is 1. The topological polar surface area (TPSA) is 56.1 Å². The summed E-state index contributed by atoms with van der Waals surface area (Å²) in [5.74, 6) is 1.61. The van der Waals surface area contributed by atoms with Crippen molar-refractivity contribution in [2.45, 2.75) is 38.1 Å². The van der Waals surface area contributed by atoms with E-state index in [1.165, 1.54) is 18.6 Å². The molecule has 1 aromatic rings. The zero-order chi connectivity index (χ0) is 13.2. The molecule has 3 heterocycles. The van der Waals surface area contributed by atoms with Gasteiger partial charge >= 0.3 is 5.97 Å². The van der Waals surface area contributed by atoms with Gasteiger partial charge in [-0.15, -0.1) is 0 Å². The van der Waals surface area contributed by atoms with E-state index in [1.54, 1.807) is 0 Å². The van der Waals surface area contributed by atoms with E-state index in [2.05, 4.69) is 14.9 Å². The molecule has 1 fully saturated rings. The normalized spacial score (nSPS) is 23.9. The third kappa shape index (κ3) is 2.39. The Balaban J connectivity index is 1.81. The predicted octanol–water partition coefficient (Wildman–Crippen LogP) is 1.09. The number of aromatic nitrogens is 2. The molecule has 1 N–H and O–H groups in total. The minimum Gasteiger partial charge on any atom is -0.469 e. The first-order chi connectivity index (χ1) is 9.29. The average molecular weight is 263 g/mol. The van der Waals surface area contributed by atoms with Crippen molar-refractivity contribution in [1.82, 2.24) is 14.9 Å². The lowest BCUT2D eigenvalue weighted by atomic mass is 9.95.